The number of aliphatic hydroxyl groups excluding tert-OH is 2. The third-order valence-corrected chi connectivity index (χ3v) is 3.22. The molecule has 2 unspecified atom stereocenters. The molecule has 0 heterocycles. The zero-order chi connectivity index (χ0) is 15.7. The number of hydrogen-bond donors (Lipinski definition) is 2. The zero-order valence-electron chi connectivity index (χ0n) is 12.7. The number of rotatable bonds is 4. The van der Waals surface area contributed by atoms with E-state index in [-0.39, 0.29) is 12.5 Å². The second kappa shape index (κ2) is 9.11. The third-order valence-electron chi connectivity index (χ3n) is 3.22. The fourth-order valence-electron chi connectivity index (χ4n) is 1.81. The fourth-order valence-corrected chi connectivity index (χ4v) is 1.81. The van der Waals surface area contributed by atoms with Crippen molar-refractivity contribution in [2.75, 3.05) is 6.61 Å². The Kier molecular flexibility index (Phi) is 7.44. The summed E-state index contributed by atoms with van der Waals surface area (Å²) in [5.41, 5.74) is 2.88. The molecule has 0 aliphatic rings. The van der Waals surface area contributed by atoms with E-state index in [4.69, 9.17) is 5.11 Å². The van der Waals surface area contributed by atoms with Gasteiger partial charge in [0.2, 0.25) is 0 Å². The van der Waals surface area contributed by atoms with Gasteiger partial charge in [0.15, 0.2) is 0 Å². The summed E-state index contributed by atoms with van der Waals surface area (Å²) in [6, 6.07) is 19.5. The molecule has 0 amide bonds. The van der Waals surface area contributed by atoms with Gasteiger partial charge in [-0.05, 0) is 23.6 Å². The van der Waals surface area contributed by atoms with E-state index < -0.39 is 6.10 Å². The highest BCUT2D eigenvalue weighted by Gasteiger charge is 2.05. The van der Waals surface area contributed by atoms with Crippen LogP contribution in [0.2, 0.25) is 0 Å². The molecule has 0 aliphatic carbocycles. The van der Waals surface area contributed by atoms with Crippen LogP contribution >= 0.6 is 0 Å². The topological polar surface area (TPSA) is 40.5 Å². The van der Waals surface area contributed by atoms with E-state index >= 15 is 0 Å². The maximum absolute atomic E-state index is 9.50. The van der Waals surface area contributed by atoms with Gasteiger partial charge in [-0.25, -0.2) is 0 Å². The van der Waals surface area contributed by atoms with Crippen LogP contribution in [0.4, 0.5) is 0 Å². The average molecular weight is 284 g/mol. The minimum atomic E-state index is -0.517. The van der Waals surface area contributed by atoms with Crippen LogP contribution < -0.4 is 0 Å². The molecule has 2 rings (SSSR count). The summed E-state index contributed by atoms with van der Waals surface area (Å²) in [6.45, 7) is 7.73. The standard InChI is InChI=1S/C10H12O.C9H12O/c1-8(2)10(11)9-6-4-3-5-7-9;1-8(7-10)9-5-3-2-4-6-9/h3-7,10-11H,1H2,2H3;2-6,8,10H,7H2,1H3. The molecule has 0 aromatic heterocycles. The van der Waals surface area contributed by atoms with Gasteiger partial charge in [0.1, 0.15) is 0 Å². The molecule has 2 heteroatoms. The van der Waals surface area contributed by atoms with Gasteiger partial charge in [-0.3, -0.25) is 0 Å². The van der Waals surface area contributed by atoms with Crippen LogP contribution in [0.25, 0.3) is 0 Å². The van der Waals surface area contributed by atoms with Crippen LogP contribution in [0, 0.1) is 0 Å². The first kappa shape index (κ1) is 17.2. The largest absolute Gasteiger partial charge is 0.396 e. The fraction of sp³-hybridized carbons (Fsp3) is 0.263. The maximum Gasteiger partial charge on any atom is 0.0995 e. The summed E-state index contributed by atoms with van der Waals surface area (Å²) in [5.74, 6) is 0.265. The second-order valence-electron chi connectivity index (χ2n) is 5.15. The van der Waals surface area contributed by atoms with Gasteiger partial charge in [-0.1, -0.05) is 74.2 Å². The molecule has 2 atom stereocenters. The predicted molar refractivity (Wildman–Crippen MR) is 88.2 cm³/mol. The first-order valence-corrected chi connectivity index (χ1v) is 7.10. The van der Waals surface area contributed by atoms with Gasteiger partial charge < -0.3 is 10.2 Å². The molecule has 0 fully saturated rings. The smallest absolute Gasteiger partial charge is 0.0995 e. The van der Waals surface area contributed by atoms with E-state index in [0.717, 1.165) is 11.1 Å². The van der Waals surface area contributed by atoms with Gasteiger partial charge >= 0.3 is 0 Å². The summed E-state index contributed by atoms with van der Waals surface area (Å²) >= 11 is 0. The number of hydrogen-bond acceptors (Lipinski definition) is 2. The normalized spacial score (nSPS) is 12.8. The molecular weight excluding hydrogens is 260 g/mol. The molecule has 0 saturated heterocycles. The molecule has 0 spiro atoms. The van der Waals surface area contributed by atoms with Crippen LogP contribution in [0.15, 0.2) is 72.8 Å². The Labute approximate surface area is 127 Å². The Morgan fingerprint density at radius 3 is 1.76 bits per heavy atom. The minimum absolute atomic E-state index is 0.226. The van der Waals surface area contributed by atoms with Crippen LogP contribution in [0.1, 0.15) is 37.0 Å². The van der Waals surface area contributed by atoms with E-state index in [1.807, 2.05) is 74.5 Å². The first-order valence-electron chi connectivity index (χ1n) is 7.10. The Morgan fingerprint density at radius 1 is 0.952 bits per heavy atom. The van der Waals surface area contributed by atoms with E-state index in [1.165, 1.54) is 5.56 Å². The molecule has 0 saturated carbocycles. The van der Waals surface area contributed by atoms with Crippen LogP contribution in [0.3, 0.4) is 0 Å². The van der Waals surface area contributed by atoms with Crippen molar-refractivity contribution in [1.29, 1.82) is 0 Å². The van der Waals surface area contributed by atoms with Gasteiger partial charge in [0.25, 0.3) is 0 Å². The first-order chi connectivity index (χ1) is 10.1. The molecule has 112 valence electrons. The highest BCUT2D eigenvalue weighted by molar-refractivity contribution is 5.23. The Bertz CT molecular complexity index is 520. The van der Waals surface area contributed by atoms with Crippen LogP contribution in [-0.2, 0) is 0 Å². The monoisotopic (exact) mass is 284 g/mol. The Hall–Kier alpha value is -1.90. The third kappa shape index (κ3) is 5.94. The summed E-state index contributed by atoms with van der Waals surface area (Å²) in [6.07, 6.45) is -0.517. The Balaban J connectivity index is 0.000000211. The van der Waals surface area contributed by atoms with Crippen molar-refractivity contribution in [1.82, 2.24) is 0 Å². The molecule has 2 nitrogen and oxygen atoms in total. The highest BCUT2D eigenvalue weighted by atomic mass is 16.3. The van der Waals surface area contributed by atoms with Crippen molar-refractivity contribution in [2.24, 2.45) is 0 Å². The van der Waals surface area contributed by atoms with E-state index in [0.29, 0.717) is 0 Å². The van der Waals surface area contributed by atoms with Crippen LogP contribution in [-0.4, -0.2) is 16.8 Å². The van der Waals surface area contributed by atoms with Crippen molar-refractivity contribution in [3.8, 4) is 0 Å². The molecule has 21 heavy (non-hydrogen) atoms. The lowest BCUT2D eigenvalue weighted by molar-refractivity contribution is 0.216. The number of benzene rings is 2. The van der Waals surface area contributed by atoms with Gasteiger partial charge in [-0.2, -0.15) is 0 Å². The van der Waals surface area contributed by atoms with E-state index in [1.54, 1.807) is 0 Å². The lowest BCUT2D eigenvalue weighted by Gasteiger charge is -2.09. The van der Waals surface area contributed by atoms with Crippen molar-refractivity contribution < 1.29 is 10.2 Å². The van der Waals surface area contributed by atoms with Crippen molar-refractivity contribution in [2.45, 2.75) is 25.9 Å². The molecule has 2 N–H and O–H groups in total. The van der Waals surface area contributed by atoms with Gasteiger partial charge in [0.05, 0.1) is 6.10 Å². The van der Waals surface area contributed by atoms with Crippen LogP contribution in [0.5, 0.6) is 0 Å². The summed E-state index contributed by atoms with van der Waals surface area (Å²) in [4.78, 5) is 0. The summed E-state index contributed by atoms with van der Waals surface area (Å²) in [5, 5.41) is 18.3. The molecule has 0 radical (unpaired) electrons. The molecule has 0 bridgehead atoms. The molecule has 0 aliphatic heterocycles. The van der Waals surface area contributed by atoms with E-state index in [9.17, 15) is 5.11 Å². The van der Waals surface area contributed by atoms with Crippen molar-refractivity contribution in [3.63, 3.8) is 0 Å². The second-order valence-corrected chi connectivity index (χ2v) is 5.15. The lowest BCUT2D eigenvalue weighted by Crippen LogP contribution is -1.97. The average Bonchev–Trinajstić information content (AvgIpc) is 2.55. The lowest BCUT2D eigenvalue weighted by atomic mass is 10.0. The maximum atomic E-state index is 9.50. The molecule has 2 aromatic rings. The van der Waals surface area contributed by atoms with Gasteiger partial charge in [-0.15, -0.1) is 0 Å². The zero-order valence-corrected chi connectivity index (χ0v) is 12.7. The summed E-state index contributed by atoms with van der Waals surface area (Å²) < 4.78 is 0. The number of aliphatic hydroxyl groups is 2. The predicted octanol–water partition coefficient (Wildman–Crippen LogP) is 4.08. The molecule has 2 aromatic carbocycles. The minimum Gasteiger partial charge on any atom is -0.396 e. The van der Waals surface area contributed by atoms with Gasteiger partial charge in [0, 0.05) is 12.5 Å². The SMILES string of the molecule is C=C(C)C(O)c1ccccc1.CC(CO)c1ccccc1. The Morgan fingerprint density at radius 2 is 1.38 bits per heavy atom. The summed E-state index contributed by atoms with van der Waals surface area (Å²) in [7, 11) is 0. The van der Waals surface area contributed by atoms with Crippen molar-refractivity contribution in [3.05, 3.63) is 83.9 Å². The van der Waals surface area contributed by atoms with Crippen molar-refractivity contribution >= 4 is 0 Å². The van der Waals surface area contributed by atoms with E-state index in [2.05, 4.69) is 6.58 Å². The highest BCUT2D eigenvalue weighted by Crippen LogP contribution is 2.18. The molecular formula is C19H24O2. The quantitative estimate of drug-likeness (QED) is 0.831.